The van der Waals surface area contributed by atoms with Gasteiger partial charge in [-0.25, -0.2) is 0 Å². The Balaban J connectivity index is 3.13. The van der Waals surface area contributed by atoms with Crippen LogP contribution in [0, 0.1) is 10.1 Å². The van der Waals surface area contributed by atoms with Crippen molar-refractivity contribution in [1.82, 2.24) is 0 Å². The second-order valence-corrected chi connectivity index (χ2v) is 5.82. The minimum atomic E-state index is -6.28. The van der Waals surface area contributed by atoms with Gasteiger partial charge in [0.05, 0.1) is 15.2 Å². The van der Waals surface area contributed by atoms with E-state index in [4.69, 9.17) is 0 Å². The van der Waals surface area contributed by atoms with Crippen LogP contribution in [0.3, 0.4) is 0 Å². The molecule has 0 bridgehead atoms. The number of nitrogens with zero attached hydrogens (tertiary/aromatic N) is 1. The quantitative estimate of drug-likeness (QED) is 0.478. The molecule has 1 rings (SSSR count). The van der Waals surface area contributed by atoms with Crippen molar-refractivity contribution >= 4 is 16.0 Å². The van der Waals surface area contributed by atoms with E-state index >= 15 is 0 Å². The van der Waals surface area contributed by atoms with Gasteiger partial charge in [-0.15, -0.1) is 0 Å². The molecule has 7 heteroatoms. The first kappa shape index (κ1) is 10.8. The molecule has 0 saturated carbocycles. The van der Waals surface area contributed by atoms with Gasteiger partial charge in [-0.1, -0.05) is 0 Å². The van der Waals surface area contributed by atoms with Crippen LogP contribution in [0.1, 0.15) is 0 Å². The van der Waals surface area contributed by atoms with E-state index in [1.165, 1.54) is 0 Å². The Morgan fingerprint density at radius 3 is 1.93 bits per heavy atom. The lowest BCUT2D eigenvalue weighted by atomic mass is 10.3. The highest BCUT2D eigenvalue weighted by molar-refractivity contribution is 8.37. The number of hydrogen-bond donors (Lipinski definition) is 1. The molecule has 0 saturated heterocycles. The van der Waals surface area contributed by atoms with Crippen molar-refractivity contribution in [2.45, 2.75) is 4.90 Å². The van der Waals surface area contributed by atoms with E-state index in [2.05, 4.69) is 0 Å². The summed E-state index contributed by atoms with van der Waals surface area (Å²) in [6.45, 7) is 0. The summed E-state index contributed by atoms with van der Waals surface area (Å²) in [5.41, 5.74) is -0.339. The number of benzene rings is 1. The fourth-order valence-electron chi connectivity index (χ4n) is 0.892. The standard InChI is InChI=1S/C7H8F3NO2S/c1-14(8,9,10)7-4-2-6(3-5-7)11(12)13/h2-5,14H,1H3. The van der Waals surface area contributed by atoms with Gasteiger partial charge in [0.1, 0.15) is 0 Å². The van der Waals surface area contributed by atoms with E-state index in [0.717, 1.165) is 24.3 Å². The third kappa shape index (κ3) is 2.38. The highest BCUT2D eigenvalue weighted by Crippen LogP contribution is 2.77. The summed E-state index contributed by atoms with van der Waals surface area (Å²) >= 11 is 0. The van der Waals surface area contributed by atoms with Crippen LogP contribution in [-0.2, 0) is 0 Å². The molecule has 0 fully saturated rings. The predicted molar refractivity (Wildman–Crippen MR) is 49.6 cm³/mol. The zero-order valence-electron chi connectivity index (χ0n) is 7.15. The summed E-state index contributed by atoms with van der Waals surface area (Å²) in [7, 11) is -6.28. The summed E-state index contributed by atoms with van der Waals surface area (Å²) in [5.74, 6) is 0. The molecular weight excluding hydrogens is 219 g/mol. The molecule has 1 aromatic carbocycles. The second-order valence-electron chi connectivity index (χ2n) is 2.95. The molecule has 80 valence electrons. The summed E-state index contributed by atoms with van der Waals surface area (Å²) in [6, 6.07) is 3.21. The molecule has 0 aliphatic rings. The van der Waals surface area contributed by atoms with Gasteiger partial charge in [-0.3, -0.25) is 10.1 Å². The van der Waals surface area contributed by atoms with Crippen LogP contribution in [0.2, 0.25) is 0 Å². The first-order chi connectivity index (χ1) is 6.17. The molecule has 1 aromatic rings. The molecule has 14 heavy (non-hydrogen) atoms. The molecular formula is C7H8F3NO2S. The first-order valence-corrected chi connectivity index (χ1v) is 5.94. The molecule has 0 unspecified atom stereocenters. The fourth-order valence-corrected chi connectivity index (χ4v) is 1.68. The summed E-state index contributed by atoms with van der Waals surface area (Å²) in [5, 5.41) is 10.2. The Hall–Kier alpha value is -1.24. The number of nitro groups is 1. The Kier molecular flexibility index (Phi) is 2.23. The average molecular weight is 227 g/mol. The Bertz CT molecular complexity index is 362. The maximum absolute atomic E-state index is 12.8. The van der Waals surface area contributed by atoms with Gasteiger partial charge in [0.15, 0.2) is 0 Å². The first-order valence-electron chi connectivity index (χ1n) is 3.59. The monoisotopic (exact) mass is 227 g/mol. The van der Waals surface area contributed by atoms with E-state index < -0.39 is 20.1 Å². The van der Waals surface area contributed by atoms with Gasteiger partial charge >= 0.3 is 0 Å². The third-order valence-corrected chi connectivity index (χ3v) is 3.01. The number of halogens is 3. The number of nitro benzene ring substituents is 1. The molecule has 0 heterocycles. The highest BCUT2D eigenvalue weighted by Gasteiger charge is 2.34. The Morgan fingerprint density at radius 1 is 1.21 bits per heavy atom. The Labute approximate surface area is 78.9 Å². The number of rotatable bonds is 2. The molecule has 0 amide bonds. The van der Waals surface area contributed by atoms with Crippen LogP contribution in [0.5, 0.6) is 0 Å². The van der Waals surface area contributed by atoms with Crippen LogP contribution in [0.4, 0.5) is 17.3 Å². The van der Waals surface area contributed by atoms with Gasteiger partial charge < -0.3 is 0 Å². The van der Waals surface area contributed by atoms with Crippen molar-refractivity contribution in [2.24, 2.45) is 0 Å². The van der Waals surface area contributed by atoms with Crippen LogP contribution >= 0.6 is 10.3 Å². The Morgan fingerprint density at radius 2 is 1.64 bits per heavy atom. The second kappa shape index (κ2) is 2.88. The van der Waals surface area contributed by atoms with Crippen LogP contribution in [-0.4, -0.2) is 11.2 Å². The van der Waals surface area contributed by atoms with Crippen molar-refractivity contribution in [1.29, 1.82) is 0 Å². The van der Waals surface area contributed by atoms with Crippen molar-refractivity contribution in [3.63, 3.8) is 0 Å². The third-order valence-electron chi connectivity index (χ3n) is 1.61. The summed E-state index contributed by atoms with van der Waals surface area (Å²) < 4.78 is 38.3. The summed E-state index contributed by atoms with van der Waals surface area (Å²) in [6.07, 6.45) is 0.229. The maximum atomic E-state index is 12.8. The van der Waals surface area contributed by atoms with Crippen LogP contribution in [0.15, 0.2) is 29.2 Å². The van der Waals surface area contributed by atoms with E-state index in [-0.39, 0.29) is 11.9 Å². The summed E-state index contributed by atoms with van der Waals surface area (Å²) in [4.78, 5) is 8.67. The number of non-ortho nitro benzene ring substituents is 1. The van der Waals surface area contributed by atoms with Gasteiger partial charge in [0, 0.05) is 23.3 Å². The lowest BCUT2D eigenvalue weighted by molar-refractivity contribution is -0.384. The topological polar surface area (TPSA) is 43.1 Å². The molecule has 0 atom stereocenters. The zero-order valence-corrected chi connectivity index (χ0v) is 8.05. The molecule has 0 spiro atoms. The zero-order chi connectivity index (χ0) is 11.0. The minimum Gasteiger partial charge on any atom is -0.258 e. The van der Waals surface area contributed by atoms with Crippen LogP contribution in [0.25, 0.3) is 0 Å². The van der Waals surface area contributed by atoms with Gasteiger partial charge in [-0.2, -0.15) is 11.7 Å². The van der Waals surface area contributed by atoms with E-state index in [1.54, 1.807) is 0 Å². The van der Waals surface area contributed by atoms with E-state index in [0.29, 0.717) is 0 Å². The largest absolute Gasteiger partial charge is 0.269 e. The van der Waals surface area contributed by atoms with Gasteiger partial charge in [0.25, 0.3) is 5.69 Å². The fraction of sp³-hybridized carbons (Fsp3) is 0.143. The van der Waals surface area contributed by atoms with Crippen molar-refractivity contribution in [3.8, 4) is 0 Å². The molecule has 0 N–H and O–H groups in total. The highest BCUT2D eigenvalue weighted by atomic mass is 32.4. The van der Waals surface area contributed by atoms with E-state index in [9.17, 15) is 21.8 Å². The molecule has 0 radical (unpaired) electrons. The van der Waals surface area contributed by atoms with E-state index in [1.807, 2.05) is 0 Å². The van der Waals surface area contributed by atoms with Crippen molar-refractivity contribution in [2.75, 3.05) is 6.26 Å². The molecule has 0 aliphatic heterocycles. The molecule has 0 aliphatic carbocycles. The van der Waals surface area contributed by atoms with Crippen molar-refractivity contribution in [3.05, 3.63) is 34.4 Å². The SMILES string of the molecule is C[SH](F)(F)(F)c1ccc([N+](=O)[O-])cc1. The average Bonchev–Trinajstić information content (AvgIpc) is 2.01. The van der Waals surface area contributed by atoms with Crippen molar-refractivity contribution < 1.29 is 16.6 Å². The minimum absolute atomic E-state index is 0.229. The van der Waals surface area contributed by atoms with Gasteiger partial charge in [-0.05, 0) is 12.1 Å². The molecule has 3 nitrogen and oxygen atoms in total. The molecule has 0 aromatic heterocycles. The maximum Gasteiger partial charge on any atom is 0.269 e. The number of hydrogen-bond acceptors (Lipinski definition) is 2. The number of thiol groups is 1. The van der Waals surface area contributed by atoms with Crippen LogP contribution < -0.4 is 0 Å². The normalized spacial score (nSPS) is 14.4. The van der Waals surface area contributed by atoms with Gasteiger partial charge in [0.2, 0.25) is 0 Å². The lowest BCUT2D eigenvalue weighted by Crippen LogP contribution is -1.96. The predicted octanol–water partition coefficient (Wildman–Crippen LogP) is 3.31. The smallest absolute Gasteiger partial charge is 0.258 e. The lowest BCUT2D eigenvalue weighted by Gasteiger charge is -2.33.